The highest BCUT2D eigenvalue weighted by atomic mass is 16.6. The first-order chi connectivity index (χ1) is 21.3. The first kappa shape index (κ1) is 33.3. The van der Waals surface area contributed by atoms with Gasteiger partial charge in [0, 0.05) is 69.4 Å². The van der Waals surface area contributed by atoms with E-state index in [9.17, 15) is 9.59 Å². The van der Waals surface area contributed by atoms with Crippen LogP contribution in [0.5, 0.6) is 5.75 Å². The highest BCUT2D eigenvalue weighted by Gasteiger charge is 2.26. The van der Waals surface area contributed by atoms with Crippen LogP contribution in [0.4, 0.5) is 32.9 Å². The maximum absolute atomic E-state index is 12.4. The van der Waals surface area contributed by atoms with Crippen molar-refractivity contribution in [3.05, 3.63) is 30.3 Å². The van der Waals surface area contributed by atoms with E-state index in [2.05, 4.69) is 36.3 Å². The van der Waals surface area contributed by atoms with Gasteiger partial charge in [-0.05, 0) is 53.7 Å². The number of nitrogens with one attached hydrogen (secondary N) is 3. The van der Waals surface area contributed by atoms with Gasteiger partial charge in [-0.3, -0.25) is 5.43 Å². The molecule has 1 aromatic heterocycles. The van der Waals surface area contributed by atoms with Gasteiger partial charge in [-0.25, -0.2) is 15.0 Å². The summed E-state index contributed by atoms with van der Waals surface area (Å²) in [5, 5.41) is 12.4. The molecule has 2 fully saturated rings. The van der Waals surface area contributed by atoms with Gasteiger partial charge >= 0.3 is 12.2 Å². The number of hydrogen-bond donors (Lipinski definition) is 3. The summed E-state index contributed by atoms with van der Waals surface area (Å²) >= 11 is 0. The van der Waals surface area contributed by atoms with Crippen molar-refractivity contribution >= 4 is 46.9 Å². The van der Waals surface area contributed by atoms with Crippen molar-refractivity contribution in [1.82, 2.24) is 19.8 Å². The summed E-state index contributed by atoms with van der Waals surface area (Å²) in [6.07, 6.45) is 1.80. The molecule has 14 heteroatoms. The average molecular weight is 624 g/mol. The number of likely N-dealkylation sites (tertiary alicyclic amines) is 2. The maximum Gasteiger partial charge on any atom is 0.410 e. The number of nitrogens with zero attached hydrogens (tertiary/aromatic N) is 6. The van der Waals surface area contributed by atoms with Gasteiger partial charge in [0.05, 0.1) is 12.8 Å². The highest BCUT2D eigenvalue weighted by molar-refractivity contribution is 5.88. The lowest BCUT2D eigenvalue weighted by atomic mass is 10.1. The molecule has 2 aromatic rings. The molecule has 14 nitrogen and oxygen atoms in total. The molecule has 2 aliphatic rings. The molecule has 2 amide bonds. The minimum absolute atomic E-state index is 0.263. The second-order valence-corrected chi connectivity index (χ2v) is 12.8. The molecular weight excluding hydrogens is 578 g/mol. The van der Waals surface area contributed by atoms with Gasteiger partial charge in [0.25, 0.3) is 0 Å². The molecule has 0 unspecified atom stereocenters. The Balaban J connectivity index is 1.44. The zero-order chi connectivity index (χ0) is 32.6. The van der Waals surface area contributed by atoms with Crippen LogP contribution < -0.4 is 20.9 Å². The van der Waals surface area contributed by atoms with Crippen molar-refractivity contribution in [3.8, 4) is 5.75 Å². The molecule has 3 heterocycles. The summed E-state index contributed by atoms with van der Waals surface area (Å²) in [5.41, 5.74) is 7.50. The minimum atomic E-state index is -0.541. The molecule has 0 aliphatic carbocycles. The van der Waals surface area contributed by atoms with Gasteiger partial charge in [0.15, 0.2) is 5.82 Å². The van der Waals surface area contributed by atoms with Crippen molar-refractivity contribution in [2.45, 2.75) is 78.4 Å². The lowest BCUT2D eigenvalue weighted by molar-refractivity contribution is 0.0238. The fourth-order valence-corrected chi connectivity index (χ4v) is 4.54. The Bertz CT molecular complexity index is 1320. The molecule has 0 spiro atoms. The number of aromatic nitrogens is 2. The maximum atomic E-state index is 12.4. The Kier molecular flexibility index (Phi) is 10.7. The number of piperidine rings is 2. The summed E-state index contributed by atoms with van der Waals surface area (Å²) < 4.78 is 16.5. The predicted octanol–water partition coefficient (Wildman–Crippen LogP) is 5.83. The quantitative estimate of drug-likeness (QED) is 0.321. The zero-order valence-electron chi connectivity index (χ0n) is 27.3. The lowest BCUT2D eigenvalue weighted by Crippen LogP contribution is -2.42. The average Bonchev–Trinajstić information content (AvgIpc) is 2.98. The summed E-state index contributed by atoms with van der Waals surface area (Å²) in [6.45, 7) is 13.2. The van der Waals surface area contributed by atoms with Crippen molar-refractivity contribution in [2.24, 2.45) is 10.2 Å². The number of para-hydroxylation sites is 2. The topological polar surface area (TPSA) is 155 Å². The number of hydrazone groups is 2. The van der Waals surface area contributed by atoms with Gasteiger partial charge in [-0.1, -0.05) is 12.1 Å². The molecule has 0 bridgehead atoms. The van der Waals surface area contributed by atoms with E-state index in [1.807, 2.05) is 65.8 Å². The molecule has 0 saturated carbocycles. The van der Waals surface area contributed by atoms with E-state index in [-0.39, 0.29) is 18.1 Å². The third-order valence-corrected chi connectivity index (χ3v) is 6.72. The standard InChI is InChI=1S/C31H45N9O5/c1-30(2,3)44-28(41)39-16-12-21(13-17-39)35-37-26-20-25(32-23-10-8-9-11-24(23)43-7)33-27(34-26)38-36-22-14-18-40(19-15-22)29(42)45-31(4,5)6/h8-11,20H,12-19H2,1-7H3,(H3,32,33,34,37,38). The molecule has 244 valence electrons. The van der Waals surface area contributed by atoms with Crippen LogP contribution in [0, 0.1) is 0 Å². The number of rotatable bonds is 7. The van der Waals surface area contributed by atoms with Crippen LogP contribution in [-0.4, -0.2) is 87.9 Å². The molecular formula is C31H45N9O5. The summed E-state index contributed by atoms with van der Waals surface area (Å²) in [5.74, 6) is 1.87. The molecule has 3 N–H and O–H groups in total. The first-order valence-corrected chi connectivity index (χ1v) is 15.2. The normalized spacial score (nSPS) is 15.6. The van der Waals surface area contributed by atoms with E-state index in [0.29, 0.717) is 69.2 Å². The third kappa shape index (κ3) is 10.5. The van der Waals surface area contributed by atoms with Crippen LogP contribution in [0.1, 0.15) is 67.2 Å². The lowest BCUT2D eigenvalue weighted by Gasteiger charge is -2.30. The fraction of sp³-hybridized carbons (Fsp3) is 0.548. The van der Waals surface area contributed by atoms with Gasteiger partial charge in [-0.2, -0.15) is 20.2 Å². The van der Waals surface area contributed by atoms with Crippen LogP contribution in [0.2, 0.25) is 0 Å². The van der Waals surface area contributed by atoms with Gasteiger partial charge in [0.1, 0.15) is 22.8 Å². The molecule has 0 radical (unpaired) electrons. The number of benzene rings is 1. The SMILES string of the molecule is COc1ccccc1Nc1cc(NN=C2CCN(C(=O)OC(C)(C)C)CC2)nc(NN=C2CCN(C(=O)OC(C)(C)C)CC2)n1. The summed E-state index contributed by atoms with van der Waals surface area (Å²) in [4.78, 5) is 37.4. The van der Waals surface area contributed by atoms with Crippen LogP contribution >= 0.6 is 0 Å². The molecule has 1 aromatic carbocycles. The smallest absolute Gasteiger partial charge is 0.410 e. The Morgan fingerprint density at radius 1 is 0.756 bits per heavy atom. The molecule has 0 atom stereocenters. The van der Waals surface area contributed by atoms with Crippen molar-refractivity contribution < 1.29 is 23.8 Å². The van der Waals surface area contributed by atoms with Crippen molar-refractivity contribution in [1.29, 1.82) is 0 Å². The van der Waals surface area contributed by atoms with Crippen LogP contribution in [0.25, 0.3) is 0 Å². The summed E-state index contributed by atoms with van der Waals surface area (Å²) in [6, 6.07) is 9.27. The Morgan fingerprint density at radius 3 is 1.76 bits per heavy atom. The molecule has 2 aliphatic heterocycles. The van der Waals surface area contributed by atoms with Crippen LogP contribution in [0.15, 0.2) is 40.5 Å². The van der Waals surface area contributed by atoms with E-state index >= 15 is 0 Å². The van der Waals surface area contributed by atoms with Crippen molar-refractivity contribution in [2.75, 3.05) is 49.5 Å². The molecule has 4 rings (SSSR count). The second-order valence-electron chi connectivity index (χ2n) is 12.8. The number of carbonyl (C=O) groups excluding carboxylic acids is 2. The van der Waals surface area contributed by atoms with Gasteiger partial charge < -0.3 is 29.3 Å². The van der Waals surface area contributed by atoms with Crippen molar-refractivity contribution in [3.63, 3.8) is 0 Å². The molecule has 45 heavy (non-hydrogen) atoms. The van der Waals surface area contributed by atoms with E-state index in [4.69, 9.17) is 14.2 Å². The number of methoxy groups -OCH3 is 1. The van der Waals surface area contributed by atoms with E-state index < -0.39 is 11.2 Å². The minimum Gasteiger partial charge on any atom is -0.495 e. The number of amides is 2. The largest absolute Gasteiger partial charge is 0.495 e. The predicted molar refractivity (Wildman–Crippen MR) is 175 cm³/mol. The zero-order valence-corrected chi connectivity index (χ0v) is 27.3. The monoisotopic (exact) mass is 623 g/mol. The summed E-state index contributed by atoms with van der Waals surface area (Å²) in [7, 11) is 1.61. The second kappa shape index (κ2) is 14.4. The Hall–Kier alpha value is -4.62. The van der Waals surface area contributed by atoms with Crippen LogP contribution in [-0.2, 0) is 9.47 Å². The number of anilines is 4. The van der Waals surface area contributed by atoms with E-state index in [1.165, 1.54) is 0 Å². The van der Waals surface area contributed by atoms with E-state index in [1.54, 1.807) is 23.0 Å². The fourth-order valence-electron chi connectivity index (χ4n) is 4.54. The van der Waals surface area contributed by atoms with E-state index in [0.717, 1.165) is 17.1 Å². The molecule has 2 saturated heterocycles. The number of carbonyl (C=O) groups is 2. The third-order valence-electron chi connectivity index (χ3n) is 6.72. The Morgan fingerprint density at radius 2 is 1.24 bits per heavy atom. The Labute approximate surface area is 264 Å². The van der Waals surface area contributed by atoms with Gasteiger partial charge in [0.2, 0.25) is 5.95 Å². The number of ether oxygens (including phenoxy) is 3. The first-order valence-electron chi connectivity index (χ1n) is 15.2. The highest BCUT2D eigenvalue weighted by Crippen LogP contribution is 2.28. The number of hydrogen-bond acceptors (Lipinski definition) is 12. The van der Waals surface area contributed by atoms with Gasteiger partial charge in [-0.15, -0.1) is 0 Å². The van der Waals surface area contributed by atoms with Crippen LogP contribution in [0.3, 0.4) is 0 Å².